The molecular weight excluding hydrogens is 941 g/mol. The molecule has 0 fully saturated rings. The van der Waals surface area contributed by atoms with Crippen LogP contribution in [0.25, 0.3) is 83.1 Å². The second kappa shape index (κ2) is 17.9. The molecule has 368 valence electrons. The summed E-state index contributed by atoms with van der Waals surface area (Å²) in [6.07, 6.45) is 0. The van der Waals surface area contributed by atoms with E-state index in [1.54, 1.807) is 0 Å². The van der Waals surface area contributed by atoms with Crippen LogP contribution in [0, 0.1) is 0 Å². The first-order chi connectivity index (χ1) is 38.5. The van der Waals surface area contributed by atoms with Gasteiger partial charge in [0.1, 0.15) is 0 Å². The van der Waals surface area contributed by atoms with E-state index in [9.17, 15) is 0 Å². The molecule has 13 aromatic rings. The summed E-state index contributed by atoms with van der Waals surface area (Å²) in [6, 6.07) is 108. The van der Waals surface area contributed by atoms with E-state index in [2.05, 4.69) is 315 Å². The highest BCUT2D eigenvalue weighted by molar-refractivity contribution is 6.10. The topological polar surface area (TPSA) is 8.17 Å². The number of rotatable bonds is 8. The molecule has 78 heavy (non-hydrogen) atoms. The predicted molar refractivity (Wildman–Crippen MR) is 327 cm³/mol. The van der Waals surface area contributed by atoms with E-state index in [1.165, 1.54) is 99.7 Å². The number of hydrogen-bond donors (Lipinski definition) is 0. The van der Waals surface area contributed by atoms with Gasteiger partial charge in [0.2, 0.25) is 0 Å². The summed E-state index contributed by atoms with van der Waals surface area (Å²) < 4.78 is 2.40. The number of aromatic nitrogens is 1. The highest BCUT2D eigenvalue weighted by Gasteiger charge is 2.53. The van der Waals surface area contributed by atoms with Crippen LogP contribution in [0.2, 0.25) is 0 Å². The molecule has 1 aromatic heterocycles. The van der Waals surface area contributed by atoms with Crippen LogP contribution in [0.15, 0.2) is 291 Å². The van der Waals surface area contributed by atoms with Crippen molar-refractivity contribution in [1.82, 2.24) is 4.57 Å². The van der Waals surface area contributed by atoms with Crippen LogP contribution in [0.5, 0.6) is 0 Å². The standard InChI is InChI=1S/C76H54N2/c1-75(2)67-35-17-19-37-69(67)76(70-38-20-18-36-68(70)75)66-34-16-13-31-61(66)62-48-46-56(50-71(62)76)77(72-39-21-14-32-63(72)60-30-12-11-29-59(60)58-28-10-9-27-57(58)52-23-5-3-6-24-52)55-44-41-51(42-45-55)53-43-47-65-64-33-15-22-40-73(64)78(74(65)49-53)54-25-7-4-8-26-54/h3-50H,1-2H3. The van der Waals surface area contributed by atoms with Crippen molar-refractivity contribution >= 4 is 38.9 Å². The Labute approximate surface area is 456 Å². The summed E-state index contributed by atoms with van der Waals surface area (Å²) in [5.41, 5.74) is 26.1. The number of benzene rings is 12. The fraction of sp³-hybridized carbons (Fsp3) is 0.0526. The zero-order valence-electron chi connectivity index (χ0n) is 43.6. The molecule has 2 nitrogen and oxygen atoms in total. The molecule has 0 amide bonds. The minimum absolute atomic E-state index is 0.199. The van der Waals surface area contributed by atoms with Crippen LogP contribution in [0.3, 0.4) is 0 Å². The lowest BCUT2D eigenvalue weighted by atomic mass is 9.55. The van der Waals surface area contributed by atoms with Gasteiger partial charge in [0.15, 0.2) is 0 Å². The molecule has 1 spiro atoms. The average Bonchev–Trinajstić information content (AvgIpc) is 3.58. The maximum Gasteiger partial charge on any atom is 0.0720 e. The summed E-state index contributed by atoms with van der Waals surface area (Å²) in [5, 5.41) is 2.49. The molecule has 15 rings (SSSR count). The van der Waals surface area contributed by atoms with Crippen molar-refractivity contribution in [2.75, 3.05) is 4.90 Å². The van der Waals surface area contributed by atoms with Gasteiger partial charge in [-0.25, -0.2) is 0 Å². The molecule has 2 aliphatic rings. The van der Waals surface area contributed by atoms with Crippen LogP contribution >= 0.6 is 0 Å². The minimum Gasteiger partial charge on any atom is -0.310 e. The first-order valence-electron chi connectivity index (χ1n) is 27.3. The Morgan fingerprint density at radius 3 is 1.45 bits per heavy atom. The van der Waals surface area contributed by atoms with E-state index in [0.717, 1.165) is 33.9 Å². The lowest BCUT2D eigenvalue weighted by molar-refractivity contribution is 0.563. The minimum atomic E-state index is -0.547. The van der Waals surface area contributed by atoms with Crippen molar-refractivity contribution < 1.29 is 0 Å². The van der Waals surface area contributed by atoms with Gasteiger partial charge in [-0.2, -0.15) is 0 Å². The van der Waals surface area contributed by atoms with E-state index in [1.807, 2.05) is 0 Å². The van der Waals surface area contributed by atoms with Crippen molar-refractivity contribution in [3.8, 4) is 61.3 Å². The van der Waals surface area contributed by atoms with Gasteiger partial charge in [0.05, 0.1) is 22.1 Å². The highest BCUT2D eigenvalue weighted by atomic mass is 15.1. The first kappa shape index (κ1) is 45.6. The van der Waals surface area contributed by atoms with Crippen LogP contribution in [-0.2, 0) is 10.8 Å². The molecule has 12 aromatic carbocycles. The predicted octanol–water partition coefficient (Wildman–Crippen LogP) is 19.9. The Hall–Kier alpha value is -9.76. The summed E-state index contributed by atoms with van der Waals surface area (Å²) in [7, 11) is 0. The average molecular weight is 995 g/mol. The zero-order chi connectivity index (χ0) is 52.0. The molecule has 1 heterocycles. The van der Waals surface area contributed by atoms with Crippen LogP contribution in [0.1, 0.15) is 47.2 Å². The van der Waals surface area contributed by atoms with Crippen molar-refractivity contribution in [3.05, 3.63) is 325 Å². The van der Waals surface area contributed by atoms with Crippen molar-refractivity contribution in [3.63, 3.8) is 0 Å². The summed E-state index contributed by atoms with van der Waals surface area (Å²) in [4.78, 5) is 2.51. The Balaban J connectivity index is 0.952. The Morgan fingerprint density at radius 1 is 0.282 bits per heavy atom. The van der Waals surface area contributed by atoms with E-state index < -0.39 is 5.41 Å². The van der Waals surface area contributed by atoms with E-state index in [4.69, 9.17) is 0 Å². The lowest BCUT2D eigenvalue weighted by Crippen LogP contribution is -2.40. The summed E-state index contributed by atoms with van der Waals surface area (Å²) >= 11 is 0. The third-order valence-corrected chi connectivity index (χ3v) is 17.1. The zero-order valence-corrected chi connectivity index (χ0v) is 43.6. The summed E-state index contributed by atoms with van der Waals surface area (Å²) in [5.74, 6) is 0. The highest BCUT2D eigenvalue weighted by Crippen LogP contribution is 2.63. The van der Waals surface area contributed by atoms with Gasteiger partial charge < -0.3 is 9.47 Å². The van der Waals surface area contributed by atoms with Gasteiger partial charge in [-0.3, -0.25) is 0 Å². The van der Waals surface area contributed by atoms with Gasteiger partial charge in [0, 0.05) is 38.8 Å². The Morgan fingerprint density at radius 2 is 0.756 bits per heavy atom. The van der Waals surface area contributed by atoms with Gasteiger partial charge >= 0.3 is 0 Å². The number of anilines is 3. The van der Waals surface area contributed by atoms with Gasteiger partial charge in [-0.05, 0) is 138 Å². The molecule has 0 bridgehead atoms. The Kier molecular flexibility index (Phi) is 10.5. The first-order valence-corrected chi connectivity index (χ1v) is 27.3. The fourth-order valence-electron chi connectivity index (χ4n) is 13.7. The second-order valence-electron chi connectivity index (χ2n) is 21.5. The smallest absolute Gasteiger partial charge is 0.0720 e. The molecule has 0 unspecified atom stereocenters. The largest absolute Gasteiger partial charge is 0.310 e. The molecule has 0 saturated heterocycles. The SMILES string of the molecule is CC1(C)c2ccccc2C2(c3ccccc3-c3ccc(N(c4ccc(-c5ccc6c7ccccc7n(-c7ccccc7)c6c5)cc4)c4ccccc4-c4ccccc4-c4ccccc4-c4ccccc4)cc32)c2ccccc21. The summed E-state index contributed by atoms with van der Waals surface area (Å²) in [6.45, 7) is 4.80. The maximum absolute atomic E-state index is 2.53. The molecule has 0 N–H and O–H groups in total. The molecule has 0 aliphatic heterocycles. The van der Waals surface area contributed by atoms with Crippen LogP contribution in [0.4, 0.5) is 17.1 Å². The number of hydrogen-bond acceptors (Lipinski definition) is 1. The van der Waals surface area contributed by atoms with Crippen LogP contribution in [-0.4, -0.2) is 4.57 Å². The number of para-hydroxylation sites is 3. The fourth-order valence-corrected chi connectivity index (χ4v) is 13.7. The molecule has 2 heteroatoms. The second-order valence-corrected chi connectivity index (χ2v) is 21.5. The van der Waals surface area contributed by atoms with E-state index in [0.29, 0.717) is 0 Å². The molecule has 0 saturated carbocycles. The Bertz CT molecular complexity index is 4410. The van der Waals surface area contributed by atoms with E-state index >= 15 is 0 Å². The van der Waals surface area contributed by atoms with Crippen molar-refractivity contribution in [1.29, 1.82) is 0 Å². The molecule has 2 aliphatic carbocycles. The third kappa shape index (κ3) is 6.83. The van der Waals surface area contributed by atoms with Crippen molar-refractivity contribution in [2.24, 2.45) is 0 Å². The van der Waals surface area contributed by atoms with Gasteiger partial charge in [-0.15, -0.1) is 0 Å². The lowest BCUT2D eigenvalue weighted by Gasteiger charge is -2.46. The third-order valence-electron chi connectivity index (χ3n) is 17.1. The maximum atomic E-state index is 2.53. The number of nitrogens with zero attached hydrogens (tertiary/aromatic N) is 2. The van der Waals surface area contributed by atoms with Crippen LogP contribution < -0.4 is 4.90 Å². The van der Waals surface area contributed by atoms with E-state index in [-0.39, 0.29) is 5.41 Å². The molecule has 0 radical (unpaired) electrons. The molecule has 0 atom stereocenters. The quantitative estimate of drug-likeness (QED) is 0.147. The monoisotopic (exact) mass is 994 g/mol. The normalized spacial score (nSPS) is 13.5. The van der Waals surface area contributed by atoms with Gasteiger partial charge in [-0.1, -0.05) is 250 Å². The number of fused-ring (bicyclic) bond motifs is 12. The van der Waals surface area contributed by atoms with Gasteiger partial charge in [0.25, 0.3) is 0 Å². The van der Waals surface area contributed by atoms with Crippen molar-refractivity contribution in [2.45, 2.75) is 24.7 Å². The molecular formula is C76H54N2.